The number of piperazine rings is 3. The van der Waals surface area contributed by atoms with Gasteiger partial charge in [-0.05, 0) is 5.41 Å². The molecular formula is C11H24N2. The van der Waals surface area contributed by atoms with Crippen molar-refractivity contribution in [3.63, 3.8) is 0 Å². The van der Waals surface area contributed by atoms with Crippen LogP contribution in [0.15, 0.2) is 0 Å². The molecule has 13 heavy (non-hydrogen) atoms. The molecule has 3 heterocycles. The number of hydrogen-bond donors (Lipinski definition) is 0. The van der Waals surface area contributed by atoms with Gasteiger partial charge in [0.25, 0.3) is 0 Å². The first-order chi connectivity index (χ1) is 5.95. The predicted octanol–water partition coefficient (Wildman–Crippen LogP) is 1.67. The van der Waals surface area contributed by atoms with Crippen LogP contribution < -0.4 is 0 Å². The summed E-state index contributed by atoms with van der Waals surface area (Å²) in [5.74, 6) is 0. The highest BCUT2D eigenvalue weighted by Crippen LogP contribution is 2.08. The molecule has 0 aromatic heterocycles. The molecule has 0 aliphatic carbocycles. The molecule has 3 aliphatic rings. The molecular weight excluding hydrogens is 160 g/mol. The molecule has 0 N–H and O–H groups in total. The van der Waals surface area contributed by atoms with Gasteiger partial charge in [0.1, 0.15) is 0 Å². The van der Waals surface area contributed by atoms with Crippen molar-refractivity contribution in [1.82, 2.24) is 9.80 Å². The van der Waals surface area contributed by atoms with Gasteiger partial charge in [0.05, 0.1) is 0 Å². The minimum atomic E-state index is 0.500. The second-order valence-corrected chi connectivity index (χ2v) is 5.68. The van der Waals surface area contributed by atoms with Gasteiger partial charge in [0.15, 0.2) is 0 Å². The molecule has 3 fully saturated rings. The lowest BCUT2D eigenvalue weighted by Crippen LogP contribution is -2.55. The van der Waals surface area contributed by atoms with E-state index in [1.807, 2.05) is 0 Å². The molecule has 0 unspecified atom stereocenters. The van der Waals surface area contributed by atoms with E-state index < -0.39 is 0 Å². The summed E-state index contributed by atoms with van der Waals surface area (Å²) < 4.78 is 0. The Kier molecular flexibility index (Phi) is 3.74. The average molecular weight is 184 g/mol. The molecule has 2 heteroatoms. The van der Waals surface area contributed by atoms with Crippen LogP contribution in [0.5, 0.6) is 0 Å². The Balaban J connectivity index is 0.000000149. The fraction of sp³-hybridized carbons (Fsp3) is 1.00. The molecule has 0 aromatic carbocycles. The quantitative estimate of drug-likeness (QED) is 0.565. The molecule has 0 aromatic rings. The van der Waals surface area contributed by atoms with Gasteiger partial charge in [-0.1, -0.05) is 27.7 Å². The molecule has 0 radical (unpaired) electrons. The van der Waals surface area contributed by atoms with Crippen LogP contribution in [0.2, 0.25) is 0 Å². The van der Waals surface area contributed by atoms with E-state index in [0.29, 0.717) is 5.41 Å². The number of hydrogen-bond acceptors (Lipinski definition) is 2. The van der Waals surface area contributed by atoms with Gasteiger partial charge in [-0.15, -0.1) is 0 Å². The van der Waals surface area contributed by atoms with Crippen molar-refractivity contribution in [3.8, 4) is 0 Å². The first-order valence-electron chi connectivity index (χ1n) is 5.40. The van der Waals surface area contributed by atoms with Gasteiger partial charge in [0.2, 0.25) is 0 Å². The molecule has 3 saturated heterocycles. The lowest BCUT2D eigenvalue weighted by Gasteiger charge is -2.41. The summed E-state index contributed by atoms with van der Waals surface area (Å²) in [7, 11) is 0. The monoisotopic (exact) mass is 184 g/mol. The van der Waals surface area contributed by atoms with Crippen molar-refractivity contribution in [2.24, 2.45) is 5.41 Å². The Morgan fingerprint density at radius 1 is 0.615 bits per heavy atom. The first kappa shape index (κ1) is 11.0. The molecule has 2 bridgehead atoms. The molecule has 0 saturated carbocycles. The maximum absolute atomic E-state index is 2.54. The minimum Gasteiger partial charge on any atom is -0.300 e. The van der Waals surface area contributed by atoms with E-state index in [9.17, 15) is 0 Å². The number of nitrogens with zero attached hydrogens (tertiary/aromatic N) is 2. The zero-order valence-corrected chi connectivity index (χ0v) is 9.64. The lowest BCUT2D eigenvalue weighted by molar-refractivity contribution is 0.0647. The van der Waals surface area contributed by atoms with Crippen molar-refractivity contribution in [1.29, 1.82) is 0 Å². The second kappa shape index (κ2) is 4.43. The van der Waals surface area contributed by atoms with Crippen LogP contribution in [-0.2, 0) is 0 Å². The Labute approximate surface area is 82.9 Å². The zero-order valence-electron chi connectivity index (χ0n) is 9.64. The highest BCUT2D eigenvalue weighted by Gasteiger charge is 2.21. The highest BCUT2D eigenvalue weighted by atomic mass is 15.3. The van der Waals surface area contributed by atoms with Gasteiger partial charge in [-0.3, -0.25) is 9.80 Å². The van der Waals surface area contributed by atoms with Crippen LogP contribution in [0.25, 0.3) is 0 Å². The third-order valence-electron chi connectivity index (χ3n) is 2.20. The van der Waals surface area contributed by atoms with Crippen molar-refractivity contribution in [2.45, 2.75) is 27.7 Å². The summed E-state index contributed by atoms with van der Waals surface area (Å²) in [6, 6.07) is 0. The van der Waals surface area contributed by atoms with Crippen LogP contribution >= 0.6 is 0 Å². The Bertz CT molecular complexity index is 112. The summed E-state index contributed by atoms with van der Waals surface area (Å²) >= 11 is 0. The van der Waals surface area contributed by atoms with Crippen molar-refractivity contribution >= 4 is 0 Å². The zero-order chi connectivity index (χ0) is 9.90. The number of rotatable bonds is 0. The molecule has 0 amide bonds. The largest absolute Gasteiger partial charge is 0.300 e. The standard InChI is InChI=1S/C6H12N2.C5H12/c1-2-8-5-3-7(1)4-6-8;1-5(2,3)4/h1-6H2;1-4H3. The van der Waals surface area contributed by atoms with Crippen molar-refractivity contribution < 1.29 is 0 Å². The van der Waals surface area contributed by atoms with Crippen LogP contribution in [0.3, 0.4) is 0 Å². The summed E-state index contributed by atoms with van der Waals surface area (Å²) in [6.07, 6.45) is 0. The maximum Gasteiger partial charge on any atom is 0.0110 e. The fourth-order valence-electron chi connectivity index (χ4n) is 1.52. The van der Waals surface area contributed by atoms with Crippen molar-refractivity contribution in [3.05, 3.63) is 0 Å². The first-order valence-corrected chi connectivity index (χ1v) is 5.40. The van der Waals surface area contributed by atoms with Gasteiger partial charge >= 0.3 is 0 Å². The number of fused-ring (bicyclic) bond motifs is 3. The van der Waals surface area contributed by atoms with Gasteiger partial charge in [-0.2, -0.15) is 0 Å². The second-order valence-electron chi connectivity index (χ2n) is 5.68. The summed E-state index contributed by atoms with van der Waals surface area (Å²) in [5.41, 5.74) is 0.500. The molecule has 0 atom stereocenters. The van der Waals surface area contributed by atoms with E-state index in [0.717, 1.165) is 0 Å². The minimum absolute atomic E-state index is 0.500. The van der Waals surface area contributed by atoms with E-state index in [-0.39, 0.29) is 0 Å². The fourth-order valence-corrected chi connectivity index (χ4v) is 1.52. The van der Waals surface area contributed by atoms with Crippen LogP contribution in [0.4, 0.5) is 0 Å². The summed E-state index contributed by atoms with van der Waals surface area (Å²) in [5, 5.41) is 0. The Hall–Kier alpha value is -0.0800. The molecule has 2 nitrogen and oxygen atoms in total. The summed E-state index contributed by atoms with van der Waals surface area (Å²) in [6.45, 7) is 16.7. The SMILES string of the molecule is C1CN2CCN1CC2.CC(C)(C)C. The normalized spacial score (nSPS) is 32.3. The van der Waals surface area contributed by atoms with E-state index in [1.54, 1.807) is 0 Å². The maximum atomic E-state index is 2.54. The van der Waals surface area contributed by atoms with E-state index in [4.69, 9.17) is 0 Å². The lowest BCUT2D eigenvalue weighted by atomic mass is 10.0. The molecule has 78 valence electrons. The Morgan fingerprint density at radius 3 is 0.846 bits per heavy atom. The van der Waals surface area contributed by atoms with Crippen LogP contribution in [0, 0.1) is 5.41 Å². The third kappa shape index (κ3) is 5.27. The van der Waals surface area contributed by atoms with E-state index >= 15 is 0 Å². The summed E-state index contributed by atoms with van der Waals surface area (Å²) in [4.78, 5) is 5.08. The van der Waals surface area contributed by atoms with Gasteiger partial charge in [-0.25, -0.2) is 0 Å². The van der Waals surface area contributed by atoms with E-state index in [1.165, 1.54) is 39.3 Å². The van der Waals surface area contributed by atoms with E-state index in [2.05, 4.69) is 37.5 Å². The van der Waals surface area contributed by atoms with Gasteiger partial charge < -0.3 is 0 Å². The predicted molar refractivity (Wildman–Crippen MR) is 58.0 cm³/mol. The van der Waals surface area contributed by atoms with Crippen molar-refractivity contribution in [2.75, 3.05) is 39.3 Å². The Morgan fingerprint density at radius 2 is 0.769 bits per heavy atom. The molecule has 3 rings (SSSR count). The molecule has 0 spiro atoms. The van der Waals surface area contributed by atoms with Crippen LogP contribution in [0.1, 0.15) is 27.7 Å². The topological polar surface area (TPSA) is 6.48 Å². The average Bonchev–Trinajstić information content (AvgIpc) is 2.05. The third-order valence-corrected chi connectivity index (χ3v) is 2.20. The highest BCUT2D eigenvalue weighted by molar-refractivity contribution is 4.78. The smallest absolute Gasteiger partial charge is 0.0110 e. The van der Waals surface area contributed by atoms with Gasteiger partial charge in [0, 0.05) is 39.3 Å². The van der Waals surface area contributed by atoms with Crippen LogP contribution in [-0.4, -0.2) is 49.1 Å². The molecule has 3 aliphatic heterocycles.